The molecule has 0 aromatic heterocycles. The minimum Gasteiger partial charge on any atom is -0.481 e. The van der Waals surface area contributed by atoms with Gasteiger partial charge in [0.15, 0.2) is 0 Å². The molecule has 0 amide bonds. The van der Waals surface area contributed by atoms with Gasteiger partial charge in [-0.1, -0.05) is 39.9 Å². The monoisotopic (exact) mass is 424 g/mol. The molecule has 0 spiro atoms. The van der Waals surface area contributed by atoms with Crippen molar-refractivity contribution in [2.24, 2.45) is 0 Å². The highest BCUT2D eigenvalue weighted by atomic mass is 79.9. The van der Waals surface area contributed by atoms with Crippen molar-refractivity contribution in [3.63, 3.8) is 0 Å². The summed E-state index contributed by atoms with van der Waals surface area (Å²) >= 11 is 3.32. The molecule has 2 aromatic carbocycles. The number of rotatable bonds is 6. The number of hydrogen-bond acceptors (Lipinski definition) is 5. The first-order chi connectivity index (χ1) is 11.9. The van der Waals surface area contributed by atoms with E-state index in [0.717, 1.165) is 10.5 Å². The summed E-state index contributed by atoms with van der Waals surface area (Å²) in [5.74, 6) is 5.95. The van der Waals surface area contributed by atoms with Crippen molar-refractivity contribution in [3.8, 4) is 17.6 Å². The van der Waals surface area contributed by atoms with E-state index in [0.29, 0.717) is 5.75 Å². The number of hydrogen-bond donors (Lipinski definition) is 1. The van der Waals surface area contributed by atoms with Crippen LogP contribution in [-0.4, -0.2) is 26.5 Å². The van der Waals surface area contributed by atoms with Crippen molar-refractivity contribution >= 4 is 31.6 Å². The Morgan fingerprint density at radius 2 is 1.92 bits per heavy atom. The molecule has 0 saturated carbocycles. The molecule has 2 aromatic rings. The number of nitro groups is 1. The largest absolute Gasteiger partial charge is 0.481 e. The van der Waals surface area contributed by atoms with Crippen LogP contribution in [-0.2, 0) is 10.0 Å². The first kappa shape index (κ1) is 18.9. The van der Waals surface area contributed by atoms with Gasteiger partial charge in [-0.3, -0.25) is 10.1 Å². The van der Waals surface area contributed by atoms with Crippen LogP contribution in [0.4, 0.5) is 5.69 Å². The van der Waals surface area contributed by atoms with Gasteiger partial charge in [0.25, 0.3) is 5.69 Å². The summed E-state index contributed by atoms with van der Waals surface area (Å²) in [5, 5.41) is 10.7. The van der Waals surface area contributed by atoms with E-state index in [4.69, 9.17) is 4.74 Å². The Bertz CT molecular complexity index is 935. The highest BCUT2D eigenvalue weighted by Crippen LogP contribution is 2.18. The fourth-order valence-electron chi connectivity index (χ4n) is 1.77. The molecule has 2 rings (SSSR count). The molecule has 130 valence electrons. The van der Waals surface area contributed by atoms with Crippen molar-refractivity contribution in [1.29, 1.82) is 0 Å². The number of ether oxygens (including phenoxy) is 1. The SMILES string of the molecule is O=[N+]([O-])c1cccc(S(=O)(=O)NCC#CCOc2cccc(Br)c2)c1. The standard InChI is InChI=1S/C16H13BrN2O5S/c17-13-5-3-7-15(11-13)24-10-2-1-9-18-25(22,23)16-8-4-6-14(12-16)19(20)21/h3-8,11-12,18H,9-10H2. The van der Waals surface area contributed by atoms with Crippen LogP contribution in [0.5, 0.6) is 5.75 Å². The lowest BCUT2D eigenvalue weighted by Crippen LogP contribution is -2.24. The molecule has 0 bridgehead atoms. The summed E-state index contributed by atoms with van der Waals surface area (Å²) < 4.78 is 32.7. The van der Waals surface area contributed by atoms with E-state index < -0.39 is 14.9 Å². The molecule has 0 heterocycles. The third-order valence-electron chi connectivity index (χ3n) is 2.92. The fraction of sp³-hybridized carbons (Fsp3) is 0.125. The van der Waals surface area contributed by atoms with Gasteiger partial charge >= 0.3 is 0 Å². The third-order valence-corrected chi connectivity index (χ3v) is 4.81. The molecule has 0 aliphatic rings. The van der Waals surface area contributed by atoms with Crippen molar-refractivity contribution in [3.05, 3.63) is 63.1 Å². The Balaban J connectivity index is 1.88. The molecular weight excluding hydrogens is 412 g/mol. The topological polar surface area (TPSA) is 98.5 Å². The number of sulfonamides is 1. The van der Waals surface area contributed by atoms with E-state index in [1.54, 1.807) is 12.1 Å². The zero-order chi connectivity index (χ0) is 18.3. The van der Waals surface area contributed by atoms with Gasteiger partial charge in [-0.25, -0.2) is 8.42 Å². The van der Waals surface area contributed by atoms with Gasteiger partial charge in [0.2, 0.25) is 10.0 Å². The maximum atomic E-state index is 12.1. The smallest absolute Gasteiger partial charge is 0.270 e. The van der Waals surface area contributed by atoms with Gasteiger partial charge in [-0.15, -0.1) is 0 Å². The van der Waals surface area contributed by atoms with E-state index in [9.17, 15) is 18.5 Å². The second-order valence-corrected chi connectivity index (χ2v) is 7.36. The molecule has 0 aliphatic carbocycles. The second-order valence-electron chi connectivity index (χ2n) is 4.68. The van der Waals surface area contributed by atoms with E-state index in [1.807, 2.05) is 12.1 Å². The summed E-state index contributed by atoms with van der Waals surface area (Å²) in [5.41, 5.74) is -0.295. The predicted molar refractivity (Wildman–Crippen MR) is 95.7 cm³/mol. The Hall–Kier alpha value is -2.41. The number of benzene rings is 2. The Morgan fingerprint density at radius 1 is 1.16 bits per heavy atom. The average Bonchev–Trinajstić information content (AvgIpc) is 2.58. The zero-order valence-corrected chi connectivity index (χ0v) is 15.2. The van der Waals surface area contributed by atoms with Crippen LogP contribution < -0.4 is 9.46 Å². The summed E-state index contributed by atoms with van der Waals surface area (Å²) in [4.78, 5) is 9.86. The maximum Gasteiger partial charge on any atom is 0.270 e. The van der Waals surface area contributed by atoms with Gasteiger partial charge in [0.1, 0.15) is 12.4 Å². The molecule has 7 nitrogen and oxygen atoms in total. The molecule has 9 heteroatoms. The fourth-order valence-corrected chi connectivity index (χ4v) is 3.11. The van der Waals surface area contributed by atoms with Gasteiger partial charge in [-0.2, -0.15) is 4.72 Å². The summed E-state index contributed by atoms with van der Waals surface area (Å²) in [7, 11) is -3.87. The van der Waals surface area contributed by atoms with Crippen LogP contribution in [0.25, 0.3) is 0 Å². The molecule has 1 N–H and O–H groups in total. The number of non-ortho nitro benzene ring substituents is 1. The van der Waals surface area contributed by atoms with E-state index in [-0.39, 0.29) is 23.7 Å². The molecule has 0 radical (unpaired) electrons. The lowest BCUT2D eigenvalue weighted by atomic mass is 10.3. The summed E-state index contributed by atoms with van der Waals surface area (Å²) in [6.07, 6.45) is 0. The normalized spacial score (nSPS) is 10.6. The molecule has 25 heavy (non-hydrogen) atoms. The Kier molecular flexibility index (Phi) is 6.52. The van der Waals surface area contributed by atoms with E-state index in [1.165, 1.54) is 18.2 Å². The average molecular weight is 425 g/mol. The molecule has 0 fully saturated rings. The van der Waals surface area contributed by atoms with E-state index in [2.05, 4.69) is 32.5 Å². The van der Waals surface area contributed by atoms with Crippen LogP contribution in [0, 0.1) is 22.0 Å². The predicted octanol–water partition coefficient (Wildman–Crippen LogP) is 2.72. The Morgan fingerprint density at radius 3 is 2.64 bits per heavy atom. The van der Waals surface area contributed by atoms with Crippen LogP contribution >= 0.6 is 15.9 Å². The molecule has 0 unspecified atom stereocenters. The van der Waals surface area contributed by atoms with Gasteiger partial charge < -0.3 is 4.74 Å². The van der Waals surface area contributed by atoms with Gasteiger partial charge in [-0.05, 0) is 24.3 Å². The van der Waals surface area contributed by atoms with E-state index >= 15 is 0 Å². The number of nitrogens with zero attached hydrogens (tertiary/aromatic N) is 1. The van der Waals surface area contributed by atoms with Crippen molar-refractivity contribution in [2.75, 3.05) is 13.2 Å². The first-order valence-electron chi connectivity index (χ1n) is 6.97. The lowest BCUT2D eigenvalue weighted by Gasteiger charge is -2.03. The maximum absolute atomic E-state index is 12.1. The van der Waals surface area contributed by atoms with Gasteiger partial charge in [0.05, 0.1) is 16.4 Å². The van der Waals surface area contributed by atoms with Crippen LogP contribution in [0.2, 0.25) is 0 Å². The zero-order valence-electron chi connectivity index (χ0n) is 12.8. The van der Waals surface area contributed by atoms with Crippen molar-refractivity contribution < 1.29 is 18.1 Å². The van der Waals surface area contributed by atoms with Gasteiger partial charge in [0, 0.05) is 16.6 Å². The number of halogens is 1. The quantitative estimate of drug-likeness (QED) is 0.436. The third kappa shape index (κ3) is 5.86. The first-order valence-corrected chi connectivity index (χ1v) is 9.24. The van der Waals surface area contributed by atoms with Crippen LogP contribution in [0.1, 0.15) is 0 Å². The minimum absolute atomic E-state index is 0.106. The molecule has 0 aliphatic heterocycles. The number of nitrogens with one attached hydrogen (secondary N) is 1. The minimum atomic E-state index is -3.87. The summed E-state index contributed by atoms with van der Waals surface area (Å²) in [6.45, 7) is -0.0259. The van der Waals surface area contributed by atoms with Crippen molar-refractivity contribution in [2.45, 2.75) is 4.90 Å². The number of nitro benzene ring substituents is 1. The summed E-state index contributed by atoms with van der Waals surface area (Å²) in [6, 6.07) is 12.0. The molecular formula is C16H13BrN2O5S. The highest BCUT2D eigenvalue weighted by molar-refractivity contribution is 9.10. The molecule has 0 atom stereocenters. The molecule has 0 saturated heterocycles. The lowest BCUT2D eigenvalue weighted by molar-refractivity contribution is -0.385. The van der Waals surface area contributed by atoms with Crippen molar-refractivity contribution in [1.82, 2.24) is 4.72 Å². The second kappa shape index (κ2) is 8.62. The van der Waals surface area contributed by atoms with Crippen LogP contribution in [0.15, 0.2) is 57.9 Å². The van der Waals surface area contributed by atoms with Crippen LogP contribution in [0.3, 0.4) is 0 Å². The highest BCUT2D eigenvalue weighted by Gasteiger charge is 2.16. The Labute approximate surface area is 153 Å².